The van der Waals surface area contributed by atoms with Crippen LogP contribution in [0.1, 0.15) is 15.6 Å². The van der Waals surface area contributed by atoms with Crippen LogP contribution in [0.25, 0.3) is 0 Å². The fourth-order valence-electron chi connectivity index (χ4n) is 1.48. The summed E-state index contributed by atoms with van der Waals surface area (Å²) in [7, 11) is 1.82. The SMILES string of the molecule is CN(Cc1cccs1)C(=O)Cc1nc(CCl)cs1. The maximum Gasteiger partial charge on any atom is 0.229 e. The molecule has 0 aliphatic carbocycles. The first kappa shape index (κ1) is 13.5. The molecule has 0 bridgehead atoms. The van der Waals surface area contributed by atoms with E-state index in [0.29, 0.717) is 18.8 Å². The van der Waals surface area contributed by atoms with Crippen LogP contribution >= 0.6 is 34.3 Å². The van der Waals surface area contributed by atoms with E-state index in [4.69, 9.17) is 11.6 Å². The smallest absolute Gasteiger partial charge is 0.229 e. The molecule has 3 nitrogen and oxygen atoms in total. The number of hydrogen-bond donors (Lipinski definition) is 0. The fourth-order valence-corrected chi connectivity index (χ4v) is 3.25. The number of carbonyl (C=O) groups excluding carboxylic acids is 1. The third-order valence-corrected chi connectivity index (χ3v) is 4.47. The number of halogens is 1. The topological polar surface area (TPSA) is 33.2 Å². The standard InChI is InChI=1S/C12H13ClN2OS2/c1-15(7-10-3-2-4-17-10)12(16)5-11-14-9(6-13)8-18-11/h2-4,8H,5-7H2,1H3. The summed E-state index contributed by atoms with van der Waals surface area (Å²) in [5.74, 6) is 0.481. The number of carbonyl (C=O) groups is 1. The number of hydrogen-bond acceptors (Lipinski definition) is 4. The van der Waals surface area contributed by atoms with Gasteiger partial charge in [-0.15, -0.1) is 34.3 Å². The molecule has 2 rings (SSSR count). The van der Waals surface area contributed by atoms with Crippen molar-refractivity contribution in [3.05, 3.63) is 38.5 Å². The van der Waals surface area contributed by atoms with E-state index in [1.54, 1.807) is 16.2 Å². The van der Waals surface area contributed by atoms with Gasteiger partial charge < -0.3 is 4.90 Å². The molecule has 1 amide bonds. The zero-order valence-electron chi connectivity index (χ0n) is 9.93. The number of thiophene rings is 1. The average molecular weight is 301 g/mol. The lowest BCUT2D eigenvalue weighted by Gasteiger charge is -2.15. The summed E-state index contributed by atoms with van der Waals surface area (Å²) < 4.78 is 0. The molecule has 18 heavy (non-hydrogen) atoms. The van der Waals surface area contributed by atoms with Crippen molar-refractivity contribution < 1.29 is 4.79 Å². The van der Waals surface area contributed by atoms with Crippen molar-refractivity contribution in [1.82, 2.24) is 9.88 Å². The van der Waals surface area contributed by atoms with Crippen molar-refractivity contribution in [3.8, 4) is 0 Å². The quantitative estimate of drug-likeness (QED) is 0.795. The van der Waals surface area contributed by atoms with Crippen LogP contribution in [0.2, 0.25) is 0 Å². The van der Waals surface area contributed by atoms with Crippen LogP contribution in [-0.2, 0) is 23.6 Å². The molecule has 0 saturated carbocycles. The summed E-state index contributed by atoms with van der Waals surface area (Å²) in [5.41, 5.74) is 0.838. The molecule has 0 saturated heterocycles. The summed E-state index contributed by atoms with van der Waals surface area (Å²) in [5, 5.41) is 4.74. The lowest BCUT2D eigenvalue weighted by Crippen LogP contribution is -2.27. The van der Waals surface area contributed by atoms with Crippen LogP contribution in [0.4, 0.5) is 0 Å². The number of likely N-dealkylation sites (N-methyl/N-ethyl adjacent to an activating group) is 1. The Labute approximate surface area is 119 Å². The first-order valence-corrected chi connectivity index (χ1v) is 7.74. The third-order valence-electron chi connectivity index (χ3n) is 2.44. The number of alkyl halides is 1. The van der Waals surface area contributed by atoms with Gasteiger partial charge in [-0.2, -0.15) is 0 Å². The first-order chi connectivity index (χ1) is 8.69. The summed E-state index contributed by atoms with van der Waals surface area (Å²) in [6.45, 7) is 0.657. The van der Waals surface area contributed by atoms with E-state index < -0.39 is 0 Å². The molecule has 0 radical (unpaired) electrons. The Morgan fingerprint density at radius 1 is 1.50 bits per heavy atom. The highest BCUT2D eigenvalue weighted by Gasteiger charge is 2.13. The molecule has 0 N–H and O–H groups in total. The number of thiazole rings is 1. The van der Waals surface area contributed by atoms with E-state index in [-0.39, 0.29) is 5.91 Å². The predicted octanol–water partition coefficient (Wildman–Crippen LogP) is 3.14. The van der Waals surface area contributed by atoms with Gasteiger partial charge in [0.15, 0.2) is 0 Å². The minimum absolute atomic E-state index is 0.0823. The monoisotopic (exact) mass is 300 g/mol. The zero-order valence-corrected chi connectivity index (χ0v) is 12.3. The molecular formula is C12H13ClN2OS2. The summed E-state index contributed by atoms with van der Waals surface area (Å²) >= 11 is 8.83. The largest absolute Gasteiger partial charge is 0.340 e. The van der Waals surface area contributed by atoms with Gasteiger partial charge in [0.2, 0.25) is 5.91 Å². The molecule has 96 valence electrons. The highest BCUT2D eigenvalue weighted by molar-refractivity contribution is 7.10. The molecule has 0 unspecified atom stereocenters. The minimum atomic E-state index is 0.0823. The van der Waals surface area contributed by atoms with Gasteiger partial charge in [0, 0.05) is 17.3 Å². The Balaban J connectivity index is 1.90. The van der Waals surface area contributed by atoms with E-state index in [1.165, 1.54) is 16.2 Å². The Morgan fingerprint density at radius 2 is 2.33 bits per heavy atom. The van der Waals surface area contributed by atoms with Crippen molar-refractivity contribution in [3.63, 3.8) is 0 Å². The van der Waals surface area contributed by atoms with Crippen LogP contribution in [0.3, 0.4) is 0 Å². The molecule has 2 aromatic rings. The summed E-state index contributed by atoms with van der Waals surface area (Å²) in [6.07, 6.45) is 0.351. The van der Waals surface area contributed by atoms with E-state index in [2.05, 4.69) is 4.98 Å². The highest BCUT2D eigenvalue weighted by atomic mass is 35.5. The Bertz CT molecular complexity index is 510. The van der Waals surface area contributed by atoms with Crippen molar-refractivity contribution in [2.24, 2.45) is 0 Å². The molecule has 0 aliphatic rings. The van der Waals surface area contributed by atoms with Crippen molar-refractivity contribution in [2.45, 2.75) is 18.8 Å². The van der Waals surface area contributed by atoms with Crippen molar-refractivity contribution in [2.75, 3.05) is 7.05 Å². The van der Waals surface area contributed by atoms with Gasteiger partial charge in [0.05, 0.1) is 24.5 Å². The normalized spacial score (nSPS) is 10.6. The molecule has 6 heteroatoms. The van der Waals surface area contributed by atoms with Gasteiger partial charge in [0.1, 0.15) is 5.01 Å². The molecule has 2 heterocycles. The molecule has 0 atom stereocenters. The minimum Gasteiger partial charge on any atom is -0.340 e. The molecule has 0 aliphatic heterocycles. The van der Waals surface area contributed by atoms with Crippen LogP contribution in [0.15, 0.2) is 22.9 Å². The second-order valence-electron chi connectivity index (χ2n) is 3.87. The maximum absolute atomic E-state index is 12.0. The second-order valence-corrected chi connectivity index (χ2v) is 6.11. The second kappa shape index (κ2) is 6.31. The molecular weight excluding hydrogens is 288 g/mol. The van der Waals surface area contributed by atoms with E-state index in [0.717, 1.165) is 10.7 Å². The van der Waals surface area contributed by atoms with Gasteiger partial charge in [-0.05, 0) is 11.4 Å². The molecule has 0 fully saturated rings. The van der Waals surface area contributed by atoms with Crippen LogP contribution < -0.4 is 0 Å². The van der Waals surface area contributed by atoms with E-state index in [9.17, 15) is 4.79 Å². The van der Waals surface area contributed by atoms with Crippen LogP contribution in [-0.4, -0.2) is 22.8 Å². The van der Waals surface area contributed by atoms with Crippen LogP contribution in [0.5, 0.6) is 0 Å². The first-order valence-electron chi connectivity index (χ1n) is 5.44. The fraction of sp³-hybridized carbons (Fsp3) is 0.333. The molecule has 0 aromatic carbocycles. The Kier molecular flexibility index (Phi) is 4.74. The van der Waals surface area contributed by atoms with Gasteiger partial charge in [0.25, 0.3) is 0 Å². The summed E-state index contributed by atoms with van der Waals surface area (Å²) in [4.78, 5) is 19.2. The van der Waals surface area contributed by atoms with Gasteiger partial charge >= 0.3 is 0 Å². The predicted molar refractivity (Wildman–Crippen MR) is 76.2 cm³/mol. The number of aromatic nitrogens is 1. The Hall–Kier alpha value is -0.910. The van der Waals surface area contributed by atoms with Crippen molar-refractivity contribution in [1.29, 1.82) is 0 Å². The van der Waals surface area contributed by atoms with Gasteiger partial charge in [-0.25, -0.2) is 4.98 Å². The lowest BCUT2D eigenvalue weighted by molar-refractivity contribution is -0.129. The maximum atomic E-state index is 12.0. The molecule has 0 spiro atoms. The van der Waals surface area contributed by atoms with E-state index >= 15 is 0 Å². The average Bonchev–Trinajstić information content (AvgIpc) is 3.00. The highest BCUT2D eigenvalue weighted by Crippen LogP contribution is 2.15. The zero-order chi connectivity index (χ0) is 13.0. The van der Waals surface area contributed by atoms with E-state index in [1.807, 2.05) is 29.9 Å². The third kappa shape index (κ3) is 3.54. The number of amides is 1. The Morgan fingerprint density at radius 3 is 2.94 bits per heavy atom. The lowest BCUT2D eigenvalue weighted by atomic mass is 10.3. The number of rotatable bonds is 5. The number of nitrogens with zero attached hydrogens (tertiary/aromatic N) is 2. The molecule has 2 aromatic heterocycles. The summed E-state index contributed by atoms with van der Waals surface area (Å²) in [6, 6.07) is 4.02. The van der Waals surface area contributed by atoms with Gasteiger partial charge in [-0.1, -0.05) is 6.07 Å². The van der Waals surface area contributed by atoms with Crippen LogP contribution in [0, 0.1) is 0 Å². The van der Waals surface area contributed by atoms with Gasteiger partial charge in [-0.3, -0.25) is 4.79 Å². The van der Waals surface area contributed by atoms with Crippen molar-refractivity contribution >= 4 is 40.2 Å².